The third kappa shape index (κ3) is 4.76. The smallest absolute Gasteiger partial charge is 0.166 e. The highest BCUT2D eigenvalue weighted by Gasteiger charge is 2.47. The minimum Gasteiger partial charge on any atom is -0.308 e. The van der Waals surface area contributed by atoms with Crippen molar-refractivity contribution in [1.29, 1.82) is 0 Å². The average Bonchev–Trinajstić information content (AvgIpc) is 3.78. The van der Waals surface area contributed by atoms with E-state index >= 15 is 0 Å². The molecule has 0 saturated carbocycles. The van der Waals surface area contributed by atoms with Gasteiger partial charge in [-0.3, -0.25) is 0 Å². The lowest BCUT2D eigenvalue weighted by Gasteiger charge is -2.34. The van der Waals surface area contributed by atoms with Gasteiger partial charge < -0.3 is 4.57 Å². The van der Waals surface area contributed by atoms with E-state index in [1.54, 1.807) is 0 Å². The molecule has 0 fully saturated rings. The Kier molecular flexibility index (Phi) is 7.36. The van der Waals surface area contributed by atoms with E-state index in [4.69, 9.17) is 15.0 Å². The summed E-state index contributed by atoms with van der Waals surface area (Å²) < 4.78 is 2.40. The fraction of sp³-hybridized carbons (Fsp3) is 0.0192. The fourth-order valence-corrected chi connectivity index (χ4v) is 9.03. The van der Waals surface area contributed by atoms with Crippen molar-refractivity contribution in [2.75, 3.05) is 0 Å². The van der Waals surface area contributed by atoms with Crippen LogP contribution in [0.25, 0.3) is 72.8 Å². The summed E-state index contributed by atoms with van der Waals surface area (Å²) in [6.07, 6.45) is 0. The van der Waals surface area contributed by atoms with Gasteiger partial charge in [0.1, 0.15) is 0 Å². The van der Waals surface area contributed by atoms with Crippen LogP contribution in [0.2, 0.25) is 0 Å². The quantitative estimate of drug-likeness (QED) is 0.172. The molecular formula is C52H34N4. The normalized spacial score (nSPS) is 12.8. The zero-order valence-corrected chi connectivity index (χ0v) is 30.4. The van der Waals surface area contributed by atoms with Crippen molar-refractivity contribution in [2.45, 2.75) is 5.41 Å². The number of rotatable bonds is 6. The number of aromatic nitrogens is 4. The second-order valence-corrected chi connectivity index (χ2v) is 14.3. The molecule has 1 aliphatic carbocycles. The number of nitrogens with zero attached hydrogens (tertiary/aromatic N) is 4. The van der Waals surface area contributed by atoms with Crippen molar-refractivity contribution < 1.29 is 0 Å². The standard InChI is InChI=1S/C52H34N4/c1-6-20-35(21-7-1)49-53-50(36-22-8-2-9-23-36)55-51(54-49)42-34-44-46(47-41-31-17-19-33-45(41)56(48(42)47)39-28-14-5-15-29-39)40-30-16-18-32-43(40)52(44,37-24-10-3-11-25-37)38-26-12-4-13-27-38/h1-34H. The topological polar surface area (TPSA) is 43.6 Å². The summed E-state index contributed by atoms with van der Waals surface area (Å²) in [6, 6.07) is 73.3. The number of fused-ring (bicyclic) bond motifs is 7. The van der Waals surface area contributed by atoms with Crippen molar-refractivity contribution >= 4 is 21.8 Å². The molecule has 0 amide bonds. The molecule has 11 rings (SSSR count). The first-order valence-corrected chi connectivity index (χ1v) is 19.0. The van der Waals surface area contributed by atoms with Gasteiger partial charge in [0, 0.05) is 33.2 Å². The van der Waals surface area contributed by atoms with Gasteiger partial charge in [0.25, 0.3) is 0 Å². The highest BCUT2D eigenvalue weighted by atomic mass is 15.0. The lowest BCUT2D eigenvalue weighted by atomic mass is 9.67. The van der Waals surface area contributed by atoms with Crippen LogP contribution in [0, 0.1) is 0 Å². The second kappa shape index (κ2) is 12.9. The van der Waals surface area contributed by atoms with Crippen LogP contribution >= 0.6 is 0 Å². The molecule has 2 heterocycles. The van der Waals surface area contributed by atoms with Gasteiger partial charge >= 0.3 is 0 Å². The fourth-order valence-electron chi connectivity index (χ4n) is 9.03. The molecule has 1 aliphatic rings. The Morgan fingerprint density at radius 3 is 1.48 bits per heavy atom. The SMILES string of the molecule is c1ccc(-c2nc(-c3ccccc3)nc(-c3cc4c(c5c6ccccc6n(-c6ccccc6)c35)-c3ccccc3C4(c3ccccc3)c3ccccc3)n2)cc1. The number of hydrogen-bond donors (Lipinski definition) is 0. The maximum absolute atomic E-state index is 5.39. The highest BCUT2D eigenvalue weighted by molar-refractivity contribution is 6.21. The minimum atomic E-state index is -0.620. The van der Waals surface area contributed by atoms with Gasteiger partial charge in [0.2, 0.25) is 0 Å². The van der Waals surface area contributed by atoms with Crippen molar-refractivity contribution in [1.82, 2.24) is 19.5 Å². The van der Waals surface area contributed by atoms with E-state index < -0.39 is 5.41 Å². The summed E-state index contributed by atoms with van der Waals surface area (Å²) in [7, 11) is 0. The Morgan fingerprint density at radius 2 is 0.875 bits per heavy atom. The molecule has 10 aromatic rings. The number of benzene rings is 8. The van der Waals surface area contributed by atoms with E-state index in [0.717, 1.165) is 33.4 Å². The van der Waals surface area contributed by atoms with Crippen molar-refractivity contribution in [2.24, 2.45) is 0 Å². The molecule has 0 N–H and O–H groups in total. The van der Waals surface area contributed by atoms with Crippen LogP contribution in [0.3, 0.4) is 0 Å². The van der Waals surface area contributed by atoms with Gasteiger partial charge in [-0.25, -0.2) is 15.0 Å². The van der Waals surface area contributed by atoms with Crippen molar-refractivity contribution in [3.8, 4) is 51.0 Å². The molecule has 0 saturated heterocycles. The van der Waals surface area contributed by atoms with Crippen LogP contribution in [0.1, 0.15) is 22.3 Å². The first kappa shape index (κ1) is 32.0. The van der Waals surface area contributed by atoms with Crippen molar-refractivity contribution in [3.05, 3.63) is 229 Å². The van der Waals surface area contributed by atoms with Crippen LogP contribution in [0.5, 0.6) is 0 Å². The predicted octanol–water partition coefficient (Wildman–Crippen LogP) is 12.3. The first-order chi connectivity index (χ1) is 27.8. The van der Waals surface area contributed by atoms with Gasteiger partial charge in [-0.1, -0.05) is 182 Å². The highest BCUT2D eigenvalue weighted by Crippen LogP contribution is 2.60. The zero-order valence-electron chi connectivity index (χ0n) is 30.4. The molecule has 2 aromatic heterocycles. The number of para-hydroxylation sites is 2. The van der Waals surface area contributed by atoms with Crippen LogP contribution < -0.4 is 0 Å². The third-order valence-corrected chi connectivity index (χ3v) is 11.3. The zero-order chi connectivity index (χ0) is 37.1. The Morgan fingerprint density at radius 1 is 0.393 bits per heavy atom. The molecule has 0 aliphatic heterocycles. The monoisotopic (exact) mass is 714 g/mol. The van der Waals surface area contributed by atoms with E-state index in [0.29, 0.717) is 17.5 Å². The Hall–Kier alpha value is -7.43. The van der Waals surface area contributed by atoms with Gasteiger partial charge in [0.15, 0.2) is 17.5 Å². The molecule has 262 valence electrons. The molecule has 0 bridgehead atoms. The van der Waals surface area contributed by atoms with E-state index in [-0.39, 0.29) is 0 Å². The maximum Gasteiger partial charge on any atom is 0.166 e. The third-order valence-electron chi connectivity index (χ3n) is 11.3. The molecular weight excluding hydrogens is 681 g/mol. The Balaban J connectivity index is 1.37. The minimum absolute atomic E-state index is 0.620. The molecule has 4 nitrogen and oxygen atoms in total. The average molecular weight is 715 g/mol. The van der Waals surface area contributed by atoms with Gasteiger partial charge in [0.05, 0.1) is 16.4 Å². The largest absolute Gasteiger partial charge is 0.308 e. The summed E-state index contributed by atoms with van der Waals surface area (Å²) in [6.45, 7) is 0. The van der Waals surface area contributed by atoms with Gasteiger partial charge in [-0.15, -0.1) is 0 Å². The van der Waals surface area contributed by atoms with E-state index in [1.165, 1.54) is 44.2 Å². The molecule has 56 heavy (non-hydrogen) atoms. The van der Waals surface area contributed by atoms with E-state index in [9.17, 15) is 0 Å². The molecule has 0 atom stereocenters. The predicted molar refractivity (Wildman–Crippen MR) is 228 cm³/mol. The molecule has 8 aromatic carbocycles. The molecule has 0 spiro atoms. The summed E-state index contributed by atoms with van der Waals surface area (Å²) in [5.41, 5.74) is 12.8. The lowest BCUT2D eigenvalue weighted by molar-refractivity contribution is 0.769. The van der Waals surface area contributed by atoms with Crippen LogP contribution in [0.15, 0.2) is 206 Å². The molecule has 0 radical (unpaired) electrons. The van der Waals surface area contributed by atoms with Crippen LogP contribution in [-0.4, -0.2) is 19.5 Å². The van der Waals surface area contributed by atoms with Crippen molar-refractivity contribution in [3.63, 3.8) is 0 Å². The number of hydrogen-bond acceptors (Lipinski definition) is 3. The van der Waals surface area contributed by atoms with E-state index in [1.807, 2.05) is 36.4 Å². The van der Waals surface area contributed by atoms with Crippen LogP contribution in [0.4, 0.5) is 0 Å². The summed E-state index contributed by atoms with van der Waals surface area (Å²) in [5.74, 6) is 1.88. The van der Waals surface area contributed by atoms with Gasteiger partial charge in [-0.05, 0) is 57.6 Å². The first-order valence-electron chi connectivity index (χ1n) is 19.0. The van der Waals surface area contributed by atoms with Gasteiger partial charge in [-0.2, -0.15) is 0 Å². The molecule has 4 heteroatoms. The lowest BCUT2D eigenvalue weighted by Crippen LogP contribution is -2.28. The van der Waals surface area contributed by atoms with E-state index in [2.05, 4.69) is 174 Å². The summed E-state index contributed by atoms with van der Waals surface area (Å²) in [4.78, 5) is 15.9. The second-order valence-electron chi connectivity index (χ2n) is 14.3. The summed E-state index contributed by atoms with van der Waals surface area (Å²) in [5, 5.41) is 2.36. The van der Waals surface area contributed by atoms with Crippen LogP contribution in [-0.2, 0) is 5.41 Å². The maximum atomic E-state index is 5.39. The molecule has 0 unspecified atom stereocenters. The summed E-state index contributed by atoms with van der Waals surface area (Å²) >= 11 is 0. The Labute approximate surface area is 325 Å². The Bertz CT molecular complexity index is 2950.